The molecule has 2 aromatic rings. The van der Waals surface area contributed by atoms with Crippen LogP contribution in [0.15, 0.2) is 88.0 Å². The van der Waals surface area contributed by atoms with Crippen molar-refractivity contribution in [3.8, 4) is 5.75 Å². The van der Waals surface area contributed by atoms with Crippen LogP contribution in [-0.4, -0.2) is 10.5 Å². The standard InChI is InChI=1S/C24H23NOS/c1-17(21-15-13-18-8-4-6-10-22(18)26-21)12-14-19-16-24(2,3)27-23-11-7-5-9-20(23)25-19/h4-15H,16H2,1-3H3/b14-12+,21-17+. The van der Waals surface area contributed by atoms with Gasteiger partial charge in [-0.25, -0.2) is 0 Å². The molecule has 0 bridgehead atoms. The van der Waals surface area contributed by atoms with E-state index in [1.54, 1.807) is 0 Å². The largest absolute Gasteiger partial charge is 0.456 e. The van der Waals surface area contributed by atoms with Gasteiger partial charge in [-0.1, -0.05) is 36.4 Å². The number of allylic oxidation sites excluding steroid dienone is 4. The molecule has 2 nitrogen and oxygen atoms in total. The highest BCUT2D eigenvalue weighted by Crippen LogP contribution is 2.43. The summed E-state index contributed by atoms with van der Waals surface area (Å²) in [6, 6.07) is 16.5. The number of aliphatic imine (C=N–C) groups is 1. The van der Waals surface area contributed by atoms with E-state index >= 15 is 0 Å². The van der Waals surface area contributed by atoms with Crippen LogP contribution in [0.3, 0.4) is 0 Å². The zero-order valence-corrected chi connectivity index (χ0v) is 16.7. The van der Waals surface area contributed by atoms with Crippen molar-refractivity contribution < 1.29 is 4.74 Å². The average Bonchev–Trinajstić information content (AvgIpc) is 2.79. The van der Waals surface area contributed by atoms with Crippen molar-refractivity contribution in [2.45, 2.75) is 36.8 Å². The third-order valence-electron chi connectivity index (χ3n) is 4.59. The summed E-state index contributed by atoms with van der Waals surface area (Å²) in [7, 11) is 0. The van der Waals surface area contributed by atoms with Gasteiger partial charge >= 0.3 is 0 Å². The summed E-state index contributed by atoms with van der Waals surface area (Å²) >= 11 is 1.90. The number of para-hydroxylation sites is 2. The summed E-state index contributed by atoms with van der Waals surface area (Å²) in [5, 5.41) is 0. The van der Waals surface area contributed by atoms with Gasteiger partial charge in [0.2, 0.25) is 0 Å². The second-order valence-electron chi connectivity index (χ2n) is 7.46. The van der Waals surface area contributed by atoms with Crippen LogP contribution in [-0.2, 0) is 0 Å². The summed E-state index contributed by atoms with van der Waals surface area (Å²) in [5.74, 6) is 1.79. The van der Waals surface area contributed by atoms with Gasteiger partial charge in [0.1, 0.15) is 11.5 Å². The van der Waals surface area contributed by atoms with Crippen molar-refractivity contribution in [1.82, 2.24) is 0 Å². The fourth-order valence-corrected chi connectivity index (χ4v) is 4.42. The smallest absolute Gasteiger partial charge is 0.134 e. The Labute approximate surface area is 165 Å². The first-order chi connectivity index (χ1) is 13.0. The Hall–Kier alpha value is -2.52. The van der Waals surface area contributed by atoms with E-state index in [0.717, 1.165) is 40.5 Å². The number of fused-ring (bicyclic) bond motifs is 2. The van der Waals surface area contributed by atoms with Crippen LogP contribution in [0.2, 0.25) is 0 Å². The number of ether oxygens (including phenoxy) is 1. The van der Waals surface area contributed by atoms with E-state index in [9.17, 15) is 0 Å². The Kier molecular flexibility index (Phi) is 4.79. The Balaban J connectivity index is 1.62. The zero-order valence-electron chi connectivity index (χ0n) is 15.9. The van der Waals surface area contributed by atoms with Crippen molar-refractivity contribution in [3.63, 3.8) is 0 Å². The highest BCUT2D eigenvalue weighted by molar-refractivity contribution is 8.00. The molecule has 2 aromatic carbocycles. The second kappa shape index (κ2) is 7.24. The van der Waals surface area contributed by atoms with Crippen LogP contribution in [0.4, 0.5) is 5.69 Å². The lowest BCUT2D eigenvalue weighted by molar-refractivity contribution is 0.435. The van der Waals surface area contributed by atoms with E-state index in [4.69, 9.17) is 9.73 Å². The number of hydrogen-bond acceptors (Lipinski definition) is 3. The van der Waals surface area contributed by atoms with Crippen LogP contribution >= 0.6 is 11.8 Å². The normalized spacial score (nSPS) is 19.6. The average molecular weight is 374 g/mol. The Morgan fingerprint density at radius 2 is 1.85 bits per heavy atom. The summed E-state index contributed by atoms with van der Waals surface area (Å²) in [4.78, 5) is 6.16. The lowest BCUT2D eigenvalue weighted by Gasteiger charge is -2.21. The van der Waals surface area contributed by atoms with Gasteiger partial charge in [0.15, 0.2) is 0 Å². The van der Waals surface area contributed by atoms with Gasteiger partial charge in [-0.2, -0.15) is 0 Å². The topological polar surface area (TPSA) is 21.6 Å². The molecule has 0 aliphatic carbocycles. The minimum absolute atomic E-state index is 0.108. The van der Waals surface area contributed by atoms with E-state index < -0.39 is 0 Å². The fourth-order valence-electron chi connectivity index (χ4n) is 3.24. The fraction of sp³-hybridized carbons (Fsp3) is 0.208. The van der Waals surface area contributed by atoms with Crippen LogP contribution in [0.5, 0.6) is 5.75 Å². The predicted molar refractivity (Wildman–Crippen MR) is 116 cm³/mol. The van der Waals surface area contributed by atoms with Gasteiger partial charge in [-0.15, -0.1) is 11.8 Å². The van der Waals surface area contributed by atoms with Crippen molar-refractivity contribution in [1.29, 1.82) is 0 Å². The van der Waals surface area contributed by atoms with Crippen LogP contribution in [0.25, 0.3) is 6.08 Å². The molecule has 4 rings (SSSR count). The van der Waals surface area contributed by atoms with Crippen molar-refractivity contribution in [2.24, 2.45) is 4.99 Å². The van der Waals surface area contributed by atoms with Crippen molar-refractivity contribution in [2.75, 3.05) is 0 Å². The molecule has 0 aromatic heterocycles. The monoisotopic (exact) mass is 373 g/mol. The highest BCUT2D eigenvalue weighted by Gasteiger charge is 2.25. The molecule has 0 atom stereocenters. The molecule has 0 N–H and O–H groups in total. The van der Waals surface area contributed by atoms with Crippen LogP contribution in [0, 0.1) is 0 Å². The first kappa shape index (κ1) is 17.9. The van der Waals surface area contributed by atoms with Crippen molar-refractivity contribution >= 4 is 29.2 Å². The van der Waals surface area contributed by atoms with Gasteiger partial charge in [0.25, 0.3) is 0 Å². The third-order valence-corrected chi connectivity index (χ3v) is 5.85. The molecule has 27 heavy (non-hydrogen) atoms. The Morgan fingerprint density at radius 3 is 2.74 bits per heavy atom. The van der Waals surface area contributed by atoms with E-state index in [1.807, 2.05) is 42.1 Å². The van der Waals surface area contributed by atoms with Crippen LogP contribution in [0.1, 0.15) is 32.8 Å². The SMILES string of the molecule is CC(/C=C/C1=Nc2ccccc2SC(C)(C)C1)=C1/C=Cc2ccccc2O1. The number of thioether (sulfide) groups is 1. The first-order valence-corrected chi connectivity index (χ1v) is 10.0. The summed E-state index contributed by atoms with van der Waals surface area (Å²) in [5.41, 5.74) is 4.35. The van der Waals surface area contributed by atoms with Gasteiger partial charge < -0.3 is 4.74 Å². The van der Waals surface area contributed by atoms with Gasteiger partial charge in [-0.3, -0.25) is 4.99 Å². The maximum Gasteiger partial charge on any atom is 0.134 e. The molecular formula is C24H23NOS. The number of hydrogen-bond donors (Lipinski definition) is 0. The van der Waals surface area contributed by atoms with Crippen LogP contribution < -0.4 is 4.74 Å². The molecule has 136 valence electrons. The second-order valence-corrected chi connectivity index (χ2v) is 9.21. The molecule has 2 aliphatic rings. The molecule has 0 radical (unpaired) electrons. The number of rotatable bonds is 2. The summed E-state index contributed by atoms with van der Waals surface area (Å²) < 4.78 is 6.16. The first-order valence-electron chi connectivity index (χ1n) is 9.20. The lowest BCUT2D eigenvalue weighted by Crippen LogP contribution is -2.17. The molecule has 0 saturated heterocycles. The molecule has 0 saturated carbocycles. The van der Waals surface area contributed by atoms with Crippen molar-refractivity contribution in [3.05, 3.63) is 83.7 Å². The number of nitrogens with zero attached hydrogens (tertiary/aromatic N) is 1. The lowest BCUT2D eigenvalue weighted by atomic mass is 10.0. The van der Waals surface area contributed by atoms with E-state index in [0.29, 0.717) is 0 Å². The van der Waals surface area contributed by atoms with Gasteiger partial charge in [0, 0.05) is 27.3 Å². The van der Waals surface area contributed by atoms with E-state index in [1.165, 1.54) is 4.90 Å². The zero-order chi connectivity index (χ0) is 18.9. The molecule has 0 fully saturated rings. The number of benzene rings is 2. The molecular weight excluding hydrogens is 350 g/mol. The maximum atomic E-state index is 6.05. The molecule has 0 unspecified atom stereocenters. The van der Waals surface area contributed by atoms with E-state index in [-0.39, 0.29) is 4.75 Å². The minimum Gasteiger partial charge on any atom is -0.456 e. The molecule has 0 amide bonds. The maximum absolute atomic E-state index is 6.05. The highest BCUT2D eigenvalue weighted by atomic mass is 32.2. The third kappa shape index (κ3) is 4.09. The quantitative estimate of drug-likeness (QED) is 0.567. The Morgan fingerprint density at radius 1 is 1.07 bits per heavy atom. The van der Waals surface area contributed by atoms with E-state index in [2.05, 4.69) is 63.3 Å². The summed E-state index contributed by atoms with van der Waals surface area (Å²) in [6.45, 7) is 6.63. The van der Waals surface area contributed by atoms with Gasteiger partial charge in [-0.05, 0) is 62.8 Å². The Bertz CT molecular complexity index is 995. The molecule has 3 heteroatoms. The summed E-state index contributed by atoms with van der Waals surface area (Å²) in [6.07, 6.45) is 9.30. The van der Waals surface area contributed by atoms with Gasteiger partial charge in [0.05, 0.1) is 5.69 Å². The molecule has 2 aliphatic heterocycles. The predicted octanol–water partition coefficient (Wildman–Crippen LogP) is 6.97. The minimum atomic E-state index is 0.108. The molecule has 2 heterocycles. The molecule has 0 spiro atoms.